The third-order valence-corrected chi connectivity index (χ3v) is 3.13. The number of rotatable bonds is 2. The standard InChI is InChI=1S/C9H11N3OS/c10-9-12-8(13)7(14-9)5-6-3-1-2-4-11-6/h1-4,7,9H,5,10H2,(H,12,13). The summed E-state index contributed by atoms with van der Waals surface area (Å²) in [5.41, 5.74) is 6.24. The monoisotopic (exact) mass is 209 g/mol. The van der Waals surface area contributed by atoms with Gasteiger partial charge in [-0.05, 0) is 12.1 Å². The van der Waals surface area contributed by atoms with Crippen LogP contribution in [-0.2, 0) is 11.2 Å². The number of nitrogens with one attached hydrogen (secondary N) is 1. The Morgan fingerprint density at radius 3 is 3.00 bits per heavy atom. The highest BCUT2D eigenvalue weighted by Gasteiger charge is 2.30. The third-order valence-electron chi connectivity index (χ3n) is 2.01. The molecular formula is C9H11N3OS. The van der Waals surface area contributed by atoms with E-state index in [1.165, 1.54) is 11.8 Å². The van der Waals surface area contributed by atoms with E-state index in [0.29, 0.717) is 6.42 Å². The van der Waals surface area contributed by atoms with Crippen LogP contribution in [0.3, 0.4) is 0 Å². The van der Waals surface area contributed by atoms with Crippen LogP contribution >= 0.6 is 11.8 Å². The zero-order valence-corrected chi connectivity index (χ0v) is 8.33. The maximum atomic E-state index is 11.3. The molecule has 2 heterocycles. The zero-order valence-electron chi connectivity index (χ0n) is 7.51. The van der Waals surface area contributed by atoms with Crippen molar-refractivity contribution in [1.29, 1.82) is 0 Å². The van der Waals surface area contributed by atoms with Crippen LogP contribution < -0.4 is 11.1 Å². The van der Waals surface area contributed by atoms with E-state index < -0.39 is 0 Å². The fourth-order valence-electron chi connectivity index (χ4n) is 1.36. The van der Waals surface area contributed by atoms with Gasteiger partial charge in [0.15, 0.2) is 0 Å². The Morgan fingerprint density at radius 2 is 2.43 bits per heavy atom. The fourth-order valence-corrected chi connectivity index (χ4v) is 2.35. The molecule has 1 fully saturated rings. The molecule has 0 spiro atoms. The smallest absolute Gasteiger partial charge is 0.235 e. The maximum absolute atomic E-state index is 11.3. The summed E-state index contributed by atoms with van der Waals surface area (Å²) in [4.78, 5) is 15.5. The fraction of sp³-hybridized carbons (Fsp3) is 0.333. The van der Waals surface area contributed by atoms with Crippen LogP contribution in [0.4, 0.5) is 0 Å². The van der Waals surface area contributed by atoms with Crippen LogP contribution in [0.25, 0.3) is 0 Å². The molecule has 1 amide bonds. The molecule has 14 heavy (non-hydrogen) atoms. The lowest BCUT2D eigenvalue weighted by Gasteiger charge is -2.04. The molecule has 0 radical (unpaired) electrons. The van der Waals surface area contributed by atoms with Crippen molar-refractivity contribution in [2.24, 2.45) is 5.73 Å². The summed E-state index contributed by atoms with van der Waals surface area (Å²) >= 11 is 1.45. The van der Waals surface area contributed by atoms with E-state index in [2.05, 4.69) is 10.3 Å². The predicted molar refractivity (Wildman–Crippen MR) is 55.4 cm³/mol. The molecule has 1 aliphatic heterocycles. The molecule has 4 nitrogen and oxygen atoms in total. The molecule has 2 unspecified atom stereocenters. The number of amides is 1. The summed E-state index contributed by atoms with van der Waals surface area (Å²) in [5, 5.41) is 2.56. The van der Waals surface area contributed by atoms with Gasteiger partial charge in [0.2, 0.25) is 5.91 Å². The van der Waals surface area contributed by atoms with Crippen LogP contribution in [-0.4, -0.2) is 21.6 Å². The highest BCUT2D eigenvalue weighted by Crippen LogP contribution is 2.22. The molecule has 0 aromatic carbocycles. The summed E-state index contributed by atoms with van der Waals surface area (Å²) < 4.78 is 0. The van der Waals surface area contributed by atoms with E-state index in [-0.39, 0.29) is 16.7 Å². The van der Waals surface area contributed by atoms with Crippen molar-refractivity contribution in [3.8, 4) is 0 Å². The van der Waals surface area contributed by atoms with E-state index in [4.69, 9.17) is 5.73 Å². The normalized spacial score (nSPS) is 26.2. The van der Waals surface area contributed by atoms with Gasteiger partial charge in [-0.25, -0.2) is 0 Å². The van der Waals surface area contributed by atoms with Gasteiger partial charge in [0.1, 0.15) is 5.50 Å². The van der Waals surface area contributed by atoms with Crippen molar-refractivity contribution in [3.63, 3.8) is 0 Å². The van der Waals surface area contributed by atoms with Crippen molar-refractivity contribution < 1.29 is 4.79 Å². The van der Waals surface area contributed by atoms with Crippen LogP contribution in [0.2, 0.25) is 0 Å². The minimum atomic E-state index is -0.267. The van der Waals surface area contributed by atoms with Crippen LogP contribution in [0.5, 0.6) is 0 Å². The number of nitrogens with zero attached hydrogens (tertiary/aromatic N) is 1. The highest BCUT2D eigenvalue weighted by atomic mass is 32.2. The van der Waals surface area contributed by atoms with Gasteiger partial charge in [0.05, 0.1) is 5.25 Å². The molecule has 0 bridgehead atoms. The SMILES string of the molecule is NC1NC(=O)C(Cc2ccccn2)S1. The van der Waals surface area contributed by atoms with Gasteiger partial charge in [-0.1, -0.05) is 6.07 Å². The molecule has 1 aliphatic rings. The number of carbonyl (C=O) groups is 1. The van der Waals surface area contributed by atoms with Gasteiger partial charge in [-0.3, -0.25) is 9.78 Å². The summed E-state index contributed by atoms with van der Waals surface area (Å²) in [6.45, 7) is 0. The molecule has 0 saturated carbocycles. The number of aromatic nitrogens is 1. The second-order valence-corrected chi connectivity index (χ2v) is 4.43. The Labute approximate surface area is 86.3 Å². The van der Waals surface area contributed by atoms with Crippen LogP contribution in [0, 0.1) is 0 Å². The molecule has 1 aromatic rings. The second-order valence-electron chi connectivity index (χ2n) is 3.08. The second kappa shape index (κ2) is 3.98. The van der Waals surface area contributed by atoms with Crippen molar-refractivity contribution in [2.45, 2.75) is 17.2 Å². The van der Waals surface area contributed by atoms with Gasteiger partial charge in [0, 0.05) is 18.3 Å². The summed E-state index contributed by atoms with van der Waals surface area (Å²) in [6, 6.07) is 5.69. The topological polar surface area (TPSA) is 68.0 Å². The molecule has 2 atom stereocenters. The molecule has 2 rings (SSSR count). The van der Waals surface area contributed by atoms with Gasteiger partial charge < -0.3 is 11.1 Å². The predicted octanol–water partition coefficient (Wildman–Crippen LogP) is 0.0980. The Bertz CT molecular complexity index is 330. The lowest BCUT2D eigenvalue weighted by Crippen LogP contribution is -2.33. The quantitative estimate of drug-likeness (QED) is 0.725. The minimum Gasteiger partial charge on any atom is -0.331 e. The average molecular weight is 209 g/mol. The highest BCUT2D eigenvalue weighted by molar-refractivity contribution is 8.01. The first-order valence-corrected chi connectivity index (χ1v) is 5.31. The van der Waals surface area contributed by atoms with Gasteiger partial charge in [-0.2, -0.15) is 0 Å². The number of hydrogen-bond donors (Lipinski definition) is 2. The number of nitrogens with two attached hydrogens (primary N) is 1. The minimum absolute atomic E-state index is 0.00755. The Hall–Kier alpha value is -1.07. The van der Waals surface area contributed by atoms with E-state index in [9.17, 15) is 4.79 Å². The molecule has 0 aliphatic carbocycles. The Morgan fingerprint density at radius 1 is 1.57 bits per heavy atom. The van der Waals surface area contributed by atoms with E-state index in [1.54, 1.807) is 6.20 Å². The maximum Gasteiger partial charge on any atom is 0.235 e. The summed E-state index contributed by atoms with van der Waals surface area (Å²) in [6.07, 6.45) is 2.37. The molecule has 1 saturated heterocycles. The lowest BCUT2D eigenvalue weighted by molar-refractivity contribution is -0.120. The molecule has 5 heteroatoms. The van der Waals surface area contributed by atoms with E-state index >= 15 is 0 Å². The largest absolute Gasteiger partial charge is 0.331 e. The van der Waals surface area contributed by atoms with Crippen molar-refractivity contribution in [2.75, 3.05) is 0 Å². The van der Waals surface area contributed by atoms with Gasteiger partial charge in [-0.15, -0.1) is 11.8 Å². The van der Waals surface area contributed by atoms with Crippen LogP contribution in [0.1, 0.15) is 5.69 Å². The van der Waals surface area contributed by atoms with E-state index in [0.717, 1.165) is 5.69 Å². The van der Waals surface area contributed by atoms with E-state index in [1.807, 2.05) is 18.2 Å². The molecule has 3 N–H and O–H groups in total. The number of pyridine rings is 1. The number of hydrogen-bond acceptors (Lipinski definition) is 4. The molecule has 1 aromatic heterocycles. The van der Waals surface area contributed by atoms with Gasteiger partial charge in [0.25, 0.3) is 0 Å². The summed E-state index contributed by atoms with van der Waals surface area (Å²) in [5.74, 6) is 0.00755. The third kappa shape index (κ3) is 2.05. The first-order chi connectivity index (χ1) is 6.75. The Balaban J connectivity index is 2.02. The van der Waals surface area contributed by atoms with Crippen LogP contribution in [0.15, 0.2) is 24.4 Å². The summed E-state index contributed by atoms with van der Waals surface area (Å²) in [7, 11) is 0. The number of carbonyl (C=O) groups excluding carboxylic acids is 1. The average Bonchev–Trinajstić information content (AvgIpc) is 2.47. The van der Waals surface area contributed by atoms with Crippen molar-refractivity contribution in [3.05, 3.63) is 30.1 Å². The first kappa shape index (κ1) is 9.48. The van der Waals surface area contributed by atoms with Crippen molar-refractivity contribution in [1.82, 2.24) is 10.3 Å². The Kier molecular flexibility index (Phi) is 2.69. The lowest BCUT2D eigenvalue weighted by atomic mass is 10.2. The molecule has 74 valence electrons. The van der Waals surface area contributed by atoms with Crippen molar-refractivity contribution >= 4 is 17.7 Å². The zero-order chi connectivity index (χ0) is 9.97. The van der Waals surface area contributed by atoms with Gasteiger partial charge >= 0.3 is 0 Å². The first-order valence-electron chi connectivity index (χ1n) is 4.37. The number of thioether (sulfide) groups is 1. The molecular weight excluding hydrogens is 198 g/mol.